The van der Waals surface area contributed by atoms with Gasteiger partial charge in [0.25, 0.3) is 0 Å². The maximum Gasteiger partial charge on any atom is 0.242 e. The second-order valence-corrected chi connectivity index (χ2v) is 5.02. The van der Waals surface area contributed by atoms with Crippen LogP contribution in [0.25, 0.3) is 0 Å². The minimum Gasteiger partial charge on any atom is -0.344 e. The molecule has 0 bridgehead atoms. The second kappa shape index (κ2) is 5.64. The molecule has 0 spiro atoms. The predicted octanol–water partition coefficient (Wildman–Crippen LogP) is 0.539. The highest BCUT2D eigenvalue weighted by Gasteiger charge is 2.36. The Labute approximate surface area is 99.0 Å². The van der Waals surface area contributed by atoms with E-state index in [0.717, 1.165) is 39.1 Å². The highest BCUT2D eigenvalue weighted by molar-refractivity contribution is 5.85. The topological polar surface area (TPSA) is 35.6 Å². The maximum atomic E-state index is 12.3. The molecule has 1 aliphatic rings. The van der Waals surface area contributed by atoms with Crippen LogP contribution in [0.15, 0.2) is 0 Å². The summed E-state index contributed by atoms with van der Waals surface area (Å²) in [5.41, 5.74) is -0.369. The molecule has 0 aromatic carbocycles. The Kier molecular flexibility index (Phi) is 4.74. The van der Waals surface area contributed by atoms with Gasteiger partial charge in [-0.05, 0) is 20.3 Å². The lowest BCUT2D eigenvalue weighted by Gasteiger charge is -2.41. The van der Waals surface area contributed by atoms with E-state index in [1.165, 1.54) is 0 Å². The lowest BCUT2D eigenvalue weighted by molar-refractivity contribution is -0.141. The van der Waals surface area contributed by atoms with Crippen LogP contribution in [0.3, 0.4) is 0 Å². The number of nitrogens with zero attached hydrogens (tertiary/aromatic N) is 2. The molecule has 4 heteroatoms. The number of nitrogens with one attached hydrogen (secondary N) is 1. The van der Waals surface area contributed by atoms with Crippen molar-refractivity contribution in [3.05, 3.63) is 0 Å². The van der Waals surface area contributed by atoms with Gasteiger partial charge in [0.2, 0.25) is 5.91 Å². The molecule has 1 amide bonds. The molecule has 1 N–H and O–H groups in total. The van der Waals surface area contributed by atoms with Crippen LogP contribution >= 0.6 is 0 Å². The molecule has 1 saturated heterocycles. The molecule has 1 fully saturated rings. The third kappa shape index (κ3) is 2.95. The predicted molar refractivity (Wildman–Crippen MR) is 66.4 cm³/mol. The number of carbonyl (C=O) groups is 1. The van der Waals surface area contributed by atoms with Crippen LogP contribution in [-0.2, 0) is 4.79 Å². The van der Waals surface area contributed by atoms with Crippen LogP contribution in [0.5, 0.6) is 0 Å². The van der Waals surface area contributed by atoms with E-state index in [4.69, 9.17) is 0 Å². The normalized spacial score (nSPS) is 18.5. The van der Waals surface area contributed by atoms with Gasteiger partial charge in [-0.3, -0.25) is 9.69 Å². The fourth-order valence-corrected chi connectivity index (χ4v) is 2.26. The first-order valence-corrected chi connectivity index (χ1v) is 6.21. The van der Waals surface area contributed by atoms with E-state index in [0.29, 0.717) is 0 Å². The molecule has 0 aliphatic carbocycles. The second-order valence-electron chi connectivity index (χ2n) is 5.02. The molecule has 0 saturated carbocycles. The van der Waals surface area contributed by atoms with Crippen LogP contribution in [0.4, 0.5) is 0 Å². The van der Waals surface area contributed by atoms with E-state index < -0.39 is 0 Å². The van der Waals surface area contributed by atoms with Crippen molar-refractivity contribution in [2.45, 2.75) is 32.7 Å². The zero-order valence-electron chi connectivity index (χ0n) is 11.0. The van der Waals surface area contributed by atoms with E-state index in [-0.39, 0.29) is 11.4 Å². The first kappa shape index (κ1) is 13.5. The average molecular weight is 227 g/mol. The number of hydrogen-bond acceptors (Lipinski definition) is 3. The summed E-state index contributed by atoms with van der Waals surface area (Å²) in [5, 5.41) is 3.31. The lowest BCUT2D eigenvalue weighted by atomic mass is 9.99. The Bertz CT molecular complexity index is 234. The summed E-state index contributed by atoms with van der Waals surface area (Å²) in [4.78, 5) is 16.4. The first-order chi connectivity index (χ1) is 7.50. The number of amides is 1. The molecular weight excluding hydrogens is 202 g/mol. The van der Waals surface area contributed by atoms with Crippen molar-refractivity contribution in [1.82, 2.24) is 15.1 Å². The Morgan fingerprint density at radius 2 is 1.94 bits per heavy atom. The minimum atomic E-state index is -0.369. The fourth-order valence-electron chi connectivity index (χ4n) is 2.26. The molecule has 1 heterocycles. The van der Waals surface area contributed by atoms with Crippen molar-refractivity contribution in [3.8, 4) is 0 Å². The van der Waals surface area contributed by atoms with E-state index in [1.807, 2.05) is 25.8 Å². The summed E-state index contributed by atoms with van der Waals surface area (Å²) in [5.74, 6) is 0.233. The van der Waals surface area contributed by atoms with Crippen molar-refractivity contribution >= 4 is 5.91 Å². The molecule has 16 heavy (non-hydrogen) atoms. The fraction of sp³-hybridized carbons (Fsp3) is 0.917. The minimum absolute atomic E-state index is 0.233. The lowest BCUT2D eigenvalue weighted by Crippen LogP contribution is -2.60. The number of piperazine rings is 1. The molecule has 0 aromatic rings. The van der Waals surface area contributed by atoms with Crippen molar-refractivity contribution in [1.29, 1.82) is 0 Å². The highest BCUT2D eigenvalue weighted by atomic mass is 16.2. The molecule has 1 aliphatic heterocycles. The summed E-state index contributed by atoms with van der Waals surface area (Å²) >= 11 is 0. The summed E-state index contributed by atoms with van der Waals surface area (Å²) < 4.78 is 0. The number of carbonyl (C=O) groups excluding carboxylic acids is 1. The average Bonchev–Trinajstić information content (AvgIpc) is 2.29. The van der Waals surface area contributed by atoms with Crippen LogP contribution in [0.1, 0.15) is 27.2 Å². The van der Waals surface area contributed by atoms with Gasteiger partial charge in [0, 0.05) is 39.8 Å². The van der Waals surface area contributed by atoms with Crippen molar-refractivity contribution in [3.63, 3.8) is 0 Å². The van der Waals surface area contributed by atoms with Crippen LogP contribution in [-0.4, -0.2) is 61.0 Å². The zero-order chi connectivity index (χ0) is 12.2. The van der Waals surface area contributed by atoms with Gasteiger partial charge in [0.15, 0.2) is 0 Å². The molecule has 0 radical (unpaired) electrons. The van der Waals surface area contributed by atoms with E-state index in [1.54, 1.807) is 0 Å². The largest absolute Gasteiger partial charge is 0.344 e. The van der Waals surface area contributed by atoms with Gasteiger partial charge >= 0.3 is 0 Å². The Morgan fingerprint density at radius 1 is 1.38 bits per heavy atom. The van der Waals surface area contributed by atoms with Crippen molar-refractivity contribution in [2.24, 2.45) is 0 Å². The monoisotopic (exact) mass is 227 g/mol. The van der Waals surface area contributed by atoms with E-state index in [9.17, 15) is 4.79 Å². The van der Waals surface area contributed by atoms with Crippen LogP contribution in [0, 0.1) is 0 Å². The molecule has 0 aromatic heterocycles. The van der Waals surface area contributed by atoms with Gasteiger partial charge in [-0.25, -0.2) is 0 Å². The molecule has 1 rings (SSSR count). The Morgan fingerprint density at radius 3 is 2.44 bits per heavy atom. The van der Waals surface area contributed by atoms with Gasteiger partial charge in [-0.1, -0.05) is 6.92 Å². The highest BCUT2D eigenvalue weighted by Crippen LogP contribution is 2.17. The summed E-state index contributed by atoms with van der Waals surface area (Å²) in [6.07, 6.45) is 1.01. The van der Waals surface area contributed by atoms with Gasteiger partial charge < -0.3 is 10.2 Å². The number of rotatable bonds is 4. The summed E-state index contributed by atoms with van der Waals surface area (Å²) in [6, 6.07) is 0. The summed E-state index contributed by atoms with van der Waals surface area (Å²) in [7, 11) is 1.90. The van der Waals surface area contributed by atoms with Gasteiger partial charge in [0.05, 0.1) is 5.54 Å². The number of hydrogen-bond donors (Lipinski definition) is 1. The van der Waals surface area contributed by atoms with Crippen LogP contribution in [0.2, 0.25) is 0 Å². The smallest absolute Gasteiger partial charge is 0.242 e. The van der Waals surface area contributed by atoms with Crippen LogP contribution < -0.4 is 5.32 Å². The third-order valence-electron chi connectivity index (χ3n) is 3.34. The third-order valence-corrected chi connectivity index (χ3v) is 3.34. The van der Waals surface area contributed by atoms with Gasteiger partial charge in [-0.2, -0.15) is 0 Å². The Balaban J connectivity index is 2.63. The maximum absolute atomic E-state index is 12.3. The molecule has 4 nitrogen and oxygen atoms in total. The van der Waals surface area contributed by atoms with Gasteiger partial charge in [-0.15, -0.1) is 0 Å². The first-order valence-electron chi connectivity index (χ1n) is 6.21. The quantitative estimate of drug-likeness (QED) is 0.761. The van der Waals surface area contributed by atoms with Crippen molar-refractivity contribution in [2.75, 3.05) is 39.8 Å². The van der Waals surface area contributed by atoms with Gasteiger partial charge in [0.1, 0.15) is 0 Å². The SMILES string of the molecule is CCCN(C)C(=O)C(C)(C)N1CCNCC1. The van der Waals surface area contributed by atoms with E-state index >= 15 is 0 Å². The zero-order valence-corrected chi connectivity index (χ0v) is 11.0. The standard InChI is InChI=1S/C12H25N3O/c1-5-8-14(4)11(16)12(2,3)15-9-6-13-7-10-15/h13H,5-10H2,1-4H3. The summed E-state index contributed by atoms with van der Waals surface area (Å²) in [6.45, 7) is 10.9. The molecule has 0 unspecified atom stereocenters. The molecule has 94 valence electrons. The molecular formula is C12H25N3O. The number of likely N-dealkylation sites (N-methyl/N-ethyl adjacent to an activating group) is 1. The van der Waals surface area contributed by atoms with E-state index in [2.05, 4.69) is 17.1 Å². The molecule has 0 atom stereocenters. The van der Waals surface area contributed by atoms with Crippen molar-refractivity contribution < 1.29 is 4.79 Å². The Hall–Kier alpha value is -0.610.